The van der Waals surface area contributed by atoms with Crippen LogP contribution >= 0.6 is 23.2 Å². The van der Waals surface area contributed by atoms with Gasteiger partial charge in [-0.2, -0.15) is 22.7 Å². The Hall–Kier alpha value is -2.00. The van der Waals surface area contributed by atoms with Crippen molar-refractivity contribution >= 4 is 28.9 Å². The fourth-order valence-corrected chi connectivity index (χ4v) is 2.46. The van der Waals surface area contributed by atoms with Crippen molar-refractivity contribution in [1.29, 1.82) is 0 Å². The predicted octanol–water partition coefficient (Wildman–Crippen LogP) is 4.31. The molecule has 0 spiro atoms. The van der Waals surface area contributed by atoms with Gasteiger partial charge in [-0.3, -0.25) is 0 Å². The van der Waals surface area contributed by atoms with Crippen LogP contribution in [0.5, 0.6) is 5.88 Å². The molecule has 5 nitrogen and oxygen atoms in total. The second-order valence-corrected chi connectivity index (χ2v) is 5.57. The van der Waals surface area contributed by atoms with Crippen molar-refractivity contribution in [2.75, 3.05) is 13.7 Å². The maximum atomic E-state index is 13.9. The summed E-state index contributed by atoms with van der Waals surface area (Å²) in [5.74, 6) is -2.31. The van der Waals surface area contributed by atoms with Crippen molar-refractivity contribution in [3.8, 4) is 5.88 Å². The van der Waals surface area contributed by atoms with Crippen LogP contribution in [-0.2, 0) is 18.1 Å². The van der Waals surface area contributed by atoms with E-state index in [2.05, 4.69) is 15.1 Å². The summed E-state index contributed by atoms with van der Waals surface area (Å²) >= 11 is 11.9. The standard InChI is InChI=1S/C14H11Cl2F4N3O2/c1-23-13(11(17)12(21-23)14(18,19)20)25-6-10(22-24-2)8-4-3-7(15)5-9(8)16/h3-5H,6H2,1-2H3/b22-10-. The first-order valence-corrected chi connectivity index (χ1v) is 7.38. The number of oxime groups is 1. The third-order valence-electron chi connectivity index (χ3n) is 3.00. The Labute approximate surface area is 149 Å². The molecule has 0 unspecified atom stereocenters. The topological polar surface area (TPSA) is 48.6 Å². The molecule has 0 saturated heterocycles. The van der Waals surface area contributed by atoms with E-state index in [9.17, 15) is 17.6 Å². The van der Waals surface area contributed by atoms with Gasteiger partial charge in [0.15, 0.2) is 0 Å². The minimum atomic E-state index is -4.94. The van der Waals surface area contributed by atoms with Crippen LogP contribution in [0.3, 0.4) is 0 Å². The quantitative estimate of drug-likeness (QED) is 0.427. The highest BCUT2D eigenvalue weighted by Crippen LogP contribution is 2.34. The molecule has 2 rings (SSSR count). The first-order valence-electron chi connectivity index (χ1n) is 6.63. The Balaban J connectivity index is 2.29. The summed E-state index contributed by atoms with van der Waals surface area (Å²) in [6, 6.07) is 4.49. The summed E-state index contributed by atoms with van der Waals surface area (Å²) in [5.41, 5.74) is -1.18. The highest BCUT2D eigenvalue weighted by atomic mass is 35.5. The first kappa shape index (κ1) is 19.3. The number of hydrogen-bond donors (Lipinski definition) is 0. The van der Waals surface area contributed by atoms with Crippen LogP contribution < -0.4 is 4.74 Å². The number of halogens is 6. The van der Waals surface area contributed by atoms with Gasteiger partial charge in [0.1, 0.15) is 19.4 Å². The number of ether oxygens (including phenoxy) is 1. The van der Waals surface area contributed by atoms with Crippen molar-refractivity contribution in [1.82, 2.24) is 9.78 Å². The molecule has 1 aromatic carbocycles. The van der Waals surface area contributed by atoms with Crippen LogP contribution in [-0.4, -0.2) is 29.2 Å². The molecular formula is C14H11Cl2F4N3O2. The largest absolute Gasteiger partial charge is 0.469 e. The number of benzene rings is 1. The average Bonchev–Trinajstić information content (AvgIpc) is 2.79. The average molecular weight is 400 g/mol. The van der Waals surface area contributed by atoms with Crippen LogP contribution in [0.4, 0.5) is 17.6 Å². The summed E-state index contributed by atoms with van der Waals surface area (Å²) in [5, 5.41) is 7.38. The van der Waals surface area contributed by atoms with E-state index in [0.29, 0.717) is 15.3 Å². The SMILES string of the molecule is CO/N=C(/COc1c(F)c(C(F)(F)F)nn1C)c1ccc(Cl)cc1Cl. The van der Waals surface area contributed by atoms with Gasteiger partial charge >= 0.3 is 6.18 Å². The number of alkyl halides is 3. The Kier molecular flexibility index (Phi) is 5.79. The lowest BCUT2D eigenvalue weighted by Crippen LogP contribution is -2.16. The number of rotatable bonds is 5. The summed E-state index contributed by atoms with van der Waals surface area (Å²) in [4.78, 5) is 4.67. The van der Waals surface area contributed by atoms with Crippen LogP contribution in [0.1, 0.15) is 11.3 Å². The number of aryl methyl sites for hydroxylation is 1. The normalized spacial score (nSPS) is 12.4. The predicted molar refractivity (Wildman–Crippen MR) is 83.7 cm³/mol. The van der Waals surface area contributed by atoms with E-state index in [4.69, 9.17) is 27.9 Å². The molecule has 0 amide bonds. The zero-order valence-corrected chi connectivity index (χ0v) is 14.4. The van der Waals surface area contributed by atoms with E-state index < -0.39 is 30.2 Å². The van der Waals surface area contributed by atoms with Gasteiger partial charge in [-0.05, 0) is 18.2 Å². The summed E-state index contributed by atoms with van der Waals surface area (Å²) in [6.07, 6.45) is -4.94. The Morgan fingerprint density at radius 1 is 1.32 bits per heavy atom. The monoisotopic (exact) mass is 399 g/mol. The molecule has 0 aliphatic carbocycles. The van der Waals surface area contributed by atoms with Crippen LogP contribution in [0.25, 0.3) is 0 Å². The molecule has 25 heavy (non-hydrogen) atoms. The molecule has 0 atom stereocenters. The first-order chi connectivity index (χ1) is 11.6. The second-order valence-electron chi connectivity index (χ2n) is 4.72. The van der Waals surface area contributed by atoms with E-state index in [0.717, 1.165) is 7.05 Å². The molecule has 0 N–H and O–H groups in total. The molecule has 136 valence electrons. The highest BCUT2D eigenvalue weighted by Gasteiger charge is 2.40. The molecule has 0 fully saturated rings. The fraction of sp³-hybridized carbons (Fsp3) is 0.286. The van der Waals surface area contributed by atoms with Gasteiger partial charge in [0.05, 0.1) is 5.02 Å². The minimum Gasteiger partial charge on any atom is -0.469 e. The maximum Gasteiger partial charge on any atom is 0.438 e. The van der Waals surface area contributed by atoms with Gasteiger partial charge in [-0.25, -0.2) is 4.68 Å². The number of aromatic nitrogens is 2. The van der Waals surface area contributed by atoms with E-state index in [1.54, 1.807) is 0 Å². The molecule has 1 aromatic heterocycles. The van der Waals surface area contributed by atoms with Crippen molar-refractivity contribution in [3.05, 3.63) is 45.3 Å². The summed E-state index contributed by atoms with van der Waals surface area (Å²) in [7, 11) is 2.38. The fourth-order valence-electron chi connectivity index (χ4n) is 1.94. The van der Waals surface area contributed by atoms with Crippen LogP contribution in [0.2, 0.25) is 10.0 Å². The van der Waals surface area contributed by atoms with E-state index in [-0.39, 0.29) is 10.7 Å². The lowest BCUT2D eigenvalue weighted by atomic mass is 10.1. The lowest BCUT2D eigenvalue weighted by molar-refractivity contribution is -0.143. The van der Waals surface area contributed by atoms with Crippen LogP contribution in [0.15, 0.2) is 23.4 Å². The van der Waals surface area contributed by atoms with Crippen molar-refractivity contribution in [2.24, 2.45) is 12.2 Å². The number of nitrogens with zero attached hydrogens (tertiary/aromatic N) is 3. The van der Waals surface area contributed by atoms with Gasteiger partial charge in [0.2, 0.25) is 17.4 Å². The van der Waals surface area contributed by atoms with Crippen molar-refractivity contribution in [3.63, 3.8) is 0 Å². The molecule has 0 saturated carbocycles. The zero-order valence-electron chi connectivity index (χ0n) is 12.9. The number of hydrogen-bond acceptors (Lipinski definition) is 4. The summed E-state index contributed by atoms with van der Waals surface area (Å²) < 4.78 is 57.7. The van der Waals surface area contributed by atoms with Crippen molar-refractivity contribution < 1.29 is 27.1 Å². The van der Waals surface area contributed by atoms with Gasteiger partial charge < -0.3 is 9.57 Å². The van der Waals surface area contributed by atoms with Gasteiger partial charge in [0.25, 0.3) is 0 Å². The third kappa shape index (κ3) is 4.35. The molecule has 0 bridgehead atoms. The molecule has 0 radical (unpaired) electrons. The molecule has 2 aromatic rings. The third-order valence-corrected chi connectivity index (χ3v) is 3.55. The van der Waals surface area contributed by atoms with Gasteiger partial charge in [0, 0.05) is 17.6 Å². The van der Waals surface area contributed by atoms with Gasteiger partial charge in [-0.15, -0.1) is 0 Å². The Morgan fingerprint density at radius 3 is 2.52 bits per heavy atom. The molecular weight excluding hydrogens is 389 g/mol. The van der Waals surface area contributed by atoms with Crippen molar-refractivity contribution in [2.45, 2.75) is 6.18 Å². The molecule has 11 heteroatoms. The summed E-state index contributed by atoms with van der Waals surface area (Å²) in [6.45, 7) is -0.414. The highest BCUT2D eigenvalue weighted by molar-refractivity contribution is 6.37. The molecule has 0 aliphatic heterocycles. The van der Waals surface area contributed by atoms with E-state index in [1.807, 2.05) is 0 Å². The Bertz CT molecular complexity index is 806. The molecule has 1 heterocycles. The van der Waals surface area contributed by atoms with E-state index >= 15 is 0 Å². The van der Waals surface area contributed by atoms with E-state index in [1.165, 1.54) is 25.3 Å². The maximum absolute atomic E-state index is 13.9. The van der Waals surface area contributed by atoms with Gasteiger partial charge in [-0.1, -0.05) is 28.4 Å². The minimum absolute atomic E-state index is 0.123. The van der Waals surface area contributed by atoms with Crippen LogP contribution in [0, 0.1) is 5.82 Å². The second kappa shape index (κ2) is 7.49. The lowest BCUT2D eigenvalue weighted by Gasteiger charge is -2.10. The zero-order chi connectivity index (χ0) is 18.8. The molecule has 0 aliphatic rings. The Morgan fingerprint density at radius 2 is 2.00 bits per heavy atom. The smallest absolute Gasteiger partial charge is 0.438 e.